The number of carbonyl (C=O) groups excluding carboxylic acids is 9. The maximum Gasteiger partial charge on any atom is 0.326 e. The number of carboxylic acids is 4. The highest BCUT2D eigenvalue weighted by Crippen LogP contribution is 2.13. The molecule has 2 rings (SSSR count). The van der Waals surface area contributed by atoms with Crippen LogP contribution in [0.5, 0.6) is 5.75 Å². The zero-order chi connectivity index (χ0) is 56.5. The number of aromatic nitrogens is 2. The number of nitrogens with zero attached hydrogens (tertiary/aromatic N) is 1. The number of primary amides is 1. The number of carbonyl (C=O) groups is 13. The summed E-state index contributed by atoms with van der Waals surface area (Å²) in [7, 11) is 0. The zero-order valence-electron chi connectivity index (χ0n) is 40.8. The first-order chi connectivity index (χ1) is 35.2. The van der Waals surface area contributed by atoms with Gasteiger partial charge in [0.1, 0.15) is 48.0 Å². The fourth-order valence-electron chi connectivity index (χ4n) is 6.69. The Kier molecular flexibility index (Phi) is 26.2. The Morgan fingerprint density at radius 3 is 1.64 bits per heavy atom. The molecule has 0 unspecified atom stereocenters. The average Bonchev–Trinajstić information content (AvgIpc) is 3.84. The van der Waals surface area contributed by atoms with E-state index < -0.39 is 170 Å². The van der Waals surface area contributed by atoms with Crippen molar-refractivity contribution in [1.82, 2.24) is 52.5 Å². The minimum Gasteiger partial charge on any atom is -0.508 e. The number of carboxylic acid groups (broad SMARTS) is 4. The van der Waals surface area contributed by atoms with Gasteiger partial charge in [-0.25, -0.2) is 9.78 Å². The second-order valence-electron chi connectivity index (χ2n) is 17.1. The lowest BCUT2D eigenvalue weighted by atomic mass is 10.0. The van der Waals surface area contributed by atoms with E-state index in [0.29, 0.717) is 5.56 Å². The van der Waals surface area contributed by atoms with Crippen LogP contribution in [0.15, 0.2) is 36.8 Å². The molecule has 412 valence electrons. The van der Waals surface area contributed by atoms with E-state index in [9.17, 15) is 82.8 Å². The van der Waals surface area contributed by atoms with Crippen molar-refractivity contribution in [2.24, 2.45) is 17.4 Å². The average molecular weight is 1080 g/mol. The maximum atomic E-state index is 14.2. The molecule has 0 fully saturated rings. The number of thioether (sulfide) groups is 1. The summed E-state index contributed by atoms with van der Waals surface area (Å²) in [5.74, 6) is -16.4. The number of hydrogen-bond donors (Lipinski definition) is 16. The van der Waals surface area contributed by atoms with Crippen molar-refractivity contribution < 1.29 is 87.9 Å². The Hall–Kier alpha value is -8.35. The van der Waals surface area contributed by atoms with Gasteiger partial charge in [0, 0.05) is 31.2 Å². The maximum absolute atomic E-state index is 14.2. The van der Waals surface area contributed by atoms with Crippen molar-refractivity contribution in [2.75, 3.05) is 18.6 Å². The summed E-state index contributed by atoms with van der Waals surface area (Å²) < 4.78 is 0. The predicted molar refractivity (Wildman–Crippen MR) is 259 cm³/mol. The number of benzene rings is 1. The van der Waals surface area contributed by atoms with Crippen LogP contribution in [0.4, 0.5) is 0 Å². The zero-order valence-corrected chi connectivity index (χ0v) is 41.6. The lowest BCUT2D eigenvalue weighted by Crippen LogP contribution is -2.60. The number of nitrogens with two attached hydrogens (primary N) is 2. The van der Waals surface area contributed by atoms with Gasteiger partial charge in [-0.05, 0) is 48.5 Å². The number of H-pyrrole nitrogens is 1. The lowest BCUT2D eigenvalue weighted by molar-refractivity contribution is -0.144. The van der Waals surface area contributed by atoms with Crippen molar-refractivity contribution >= 4 is 88.8 Å². The van der Waals surface area contributed by atoms with Crippen LogP contribution in [0.3, 0.4) is 0 Å². The molecule has 30 nitrogen and oxygen atoms in total. The highest BCUT2D eigenvalue weighted by atomic mass is 32.2. The number of nitrogens with one attached hydrogen (secondary N) is 9. The number of hydrogen-bond acceptors (Lipinski definition) is 17. The molecule has 8 atom stereocenters. The van der Waals surface area contributed by atoms with E-state index in [2.05, 4.69) is 52.5 Å². The van der Waals surface area contributed by atoms with E-state index in [1.165, 1.54) is 62.4 Å². The normalized spacial score (nSPS) is 14.1. The van der Waals surface area contributed by atoms with E-state index in [1.54, 1.807) is 6.26 Å². The summed E-state index contributed by atoms with van der Waals surface area (Å²) in [6.45, 7) is 2.13. The minimum atomic E-state index is -1.85. The molecule has 1 heterocycles. The number of rotatable bonds is 34. The monoisotopic (exact) mass is 1080 g/mol. The SMILES string of the molecule is CSCC[C@H](NC(=O)CNC(=O)[C@H](Cc1ccc(O)cc1)NC(=O)[C@H](Cc1cnc[nH]1)NC(=O)[C@H](CCC(=O)O)NC(=O)[C@H](CC(N)=O)NC(=O)[C@@H](N)CC(=O)O)C(=O)N[C@@H](CC(=O)O)C(=O)N[C@H](C(=O)O)C(C)C. The number of phenolic OH excluding ortho intramolecular Hbond substituents is 1. The van der Waals surface area contributed by atoms with Crippen LogP contribution >= 0.6 is 11.8 Å². The van der Waals surface area contributed by atoms with Gasteiger partial charge in [0.15, 0.2) is 0 Å². The molecule has 31 heteroatoms. The van der Waals surface area contributed by atoms with Crippen LogP contribution in [-0.2, 0) is 75.2 Å². The van der Waals surface area contributed by atoms with Gasteiger partial charge in [0.25, 0.3) is 0 Å². The summed E-state index contributed by atoms with van der Waals surface area (Å²) in [5.41, 5.74) is 11.4. The number of aromatic amines is 1. The van der Waals surface area contributed by atoms with E-state index in [1.807, 2.05) is 0 Å². The number of aromatic hydroxyl groups is 1. The highest BCUT2D eigenvalue weighted by Gasteiger charge is 2.35. The molecular weight excluding hydrogens is 1020 g/mol. The number of amides is 9. The third-order valence-electron chi connectivity index (χ3n) is 10.6. The number of imidazole rings is 1. The van der Waals surface area contributed by atoms with Crippen molar-refractivity contribution in [2.45, 2.75) is 114 Å². The molecule has 1 aromatic carbocycles. The second-order valence-corrected chi connectivity index (χ2v) is 18.0. The lowest BCUT2D eigenvalue weighted by Gasteiger charge is -2.26. The molecule has 0 saturated carbocycles. The van der Waals surface area contributed by atoms with Crippen LogP contribution in [0.2, 0.25) is 0 Å². The quantitative estimate of drug-likeness (QED) is 0.0312. The Labute approximate surface area is 431 Å². The highest BCUT2D eigenvalue weighted by molar-refractivity contribution is 7.98. The van der Waals surface area contributed by atoms with Crippen LogP contribution in [-0.4, -0.2) is 179 Å². The molecule has 2 aromatic rings. The molecule has 75 heavy (non-hydrogen) atoms. The van der Waals surface area contributed by atoms with E-state index in [0.717, 1.165) is 0 Å². The third-order valence-corrected chi connectivity index (χ3v) is 11.2. The van der Waals surface area contributed by atoms with Crippen LogP contribution in [0.25, 0.3) is 0 Å². The van der Waals surface area contributed by atoms with E-state index >= 15 is 0 Å². The largest absolute Gasteiger partial charge is 0.508 e. The van der Waals surface area contributed by atoms with Crippen LogP contribution in [0, 0.1) is 5.92 Å². The summed E-state index contributed by atoms with van der Waals surface area (Å²) >= 11 is 1.26. The van der Waals surface area contributed by atoms with E-state index in [-0.39, 0.29) is 36.5 Å². The Morgan fingerprint density at radius 1 is 0.613 bits per heavy atom. The molecule has 1 aromatic heterocycles. The van der Waals surface area contributed by atoms with Crippen LogP contribution in [0.1, 0.15) is 63.6 Å². The standard InChI is InChI=1S/C44H62N12O18S/c1-20(2)36(44(73)74)56-43(72)30(16-35(64)65)55-40(69)26(10-11-75-3)50-32(59)18-48-38(67)27(12-21-4-6-23(57)7-5-21)53-41(70)28(13-22-17-47-19-49-22)54-39(68)25(8-9-33(60)61)51-42(71)29(15-31(46)58)52-37(66)24(45)14-34(62)63/h4-7,17,19-20,24-30,36,57H,8-16,18,45H2,1-3H3,(H2,46,58)(H,47,49)(H,48,67)(H,50,59)(H,51,71)(H,52,66)(H,53,70)(H,54,68)(H,55,69)(H,56,72)(H,60,61)(H,62,63)(H,64,65)(H,73,74)/t24-,25-,26-,27-,28-,29-,30-,36-/m0/s1. The van der Waals surface area contributed by atoms with E-state index in [4.69, 9.17) is 16.6 Å². The molecule has 0 aliphatic rings. The topological polar surface area (TPSA) is 500 Å². The first kappa shape index (κ1) is 62.8. The van der Waals surface area contributed by atoms with Gasteiger partial charge in [-0.15, -0.1) is 0 Å². The molecule has 0 radical (unpaired) electrons. The van der Waals surface area contributed by atoms with Gasteiger partial charge < -0.3 is 84.5 Å². The molecule has 0 spiro atoms. The summed E-state index contributed by atoms with van der Waals surface area (Å²) in [5, 5.41) is 65.6. The fraction of sp³-hybridized carbons (Fsp3) is 0.500. The number of phenols is 1. The van der Waals surface area contributed by atoms with Gasteiger partial charge in [-0.1, -0.05) is 26.0 Å². The van der Waals surface area contributed by atoms with Crippen molar-refractivity contribution in [3.8, 4) is 5.75 Å². The van der Waals surface area contributed by atoms with Crippen LogP contribution < -0.4 is 54.0 Å². The molecular formula is C44H62N12O18S. The van der Waals surface area contributed by atoms with Gasteiger partial charge in [0.2, 0.25) is 53.2 Å². The van der Waals surface area contributed by atoms with Crippen molar-refractivity contribution in [1.29, 1.82) is 0 Å². The fourth-order valence-corrected chi connectivity index (χ4v) is 7.16. The van der Waals surface area contributed by atoms with Gasteiger partial charge in [0.05, 0.1) is 38.2 Å². The molecule has 0 bridgehead atoms. The molecule has 18 N–H and O–H groups in total. The van der Waals surface area contributed by atoms with Crippen molar-refractivity contribution in [3.63, 3.8) is 0 Å². The molecule has 0 saturated heterocycles. The van der Waals surface area contributed by atoms with Gasteiger partial charge in [-0.3, -0.25) is 57.5 Å². The first-order valence-electron chi connectivity index (χ1n) is 22.8. The Morgan fingerprint density at radius 2 is 1.12 bits per heavy atom. The minimum absolute atomic E-state index is 0.0739. The summed E-state index contributed by atoms with van der Waals surface area (Å²) in [6, 6.07) is -7.90. The first-order valence-corrected chi connectivity index (χ1v) is 24.2. The molecule has 0 aliphatic heterocycles. The number of aliphatic carboxylic acids is 4. The third kappa shape index (κ3) is 23.4. The van der Waals surface area contributed by atoms with Gasteiger partial charge in [-0.2, -0.15) is 11.8 Å². The van der Waals surface area contributed by atoms with Crippen molar-refractivity contribution in [3.05, 3.63) is 48.0 Å². The van der Waals surface area contributed by atoms with Gasteiger partial charge >= 0.3 is 23.9 Å². The molecule has 9 amide bonds. The summed E-state index contributed by atoms with van der Waals surface area (Å²) in [4.78, 5) is 173. The predicted octanol–water partition coefficient (Wildman–Crippen LogP) is -5.08. The Bertz CT molecular complexity index is 2370. The smallest absolute Gasteiger partial charge is 0.326 e. The Balaban J connectivity index is 2.42. The molecule has 0 aliphatic carbocycles. The summed E-state index contributed by atoms with van der Waals surface area (Å²) in [6.07, 6.45) is -0.726. The second kappa shape index (κ2) is 31.3.